The minimum atomic E-state index is -0.602. The standard InChI is InChI=1S/C17H23NO2/c1-4-20-16(19)17(14-10-6-5-7-11-14)13-9-8-12-15(17)18(2)3/h5-8,10-12,15H,4,9,13H2,1-3H3/t15-,17+/m0/s1. The van der Waals surface area contributed by atoms with E-state index in [4.69, 9.17) is 4.74 Å². The molecule has 0 bridgehead atoms. The second kappa shape index (κ2) is 6.23. The van der Waals surface area contributed by atoms with E-state index >= 15 is 0 Å². The number of benzene rings is 1. The molecule has 0 N–H and O–H groups in total. The van der Waals surface area contributed by atoms with Gasteiger partial charge in [0.2, 0.25) is 0 Å². The van der Waals surface area contributed by atoms with Crippen molar-refractivity contribution in [2.45, 2.75) is 31.2 Å². The highest BCUT2D eigenvalue weighted by atomic mass is 16.5. The van der Waals surface area contributed by atoms with Crippen LogP contribution in [0.4, 0.5) is 0 Å². The molecule has 3 heteroatoms. The van der Waals surface area contributed by atoms with E-state index in [0.29, 0.717) is 6.61 Å². The molecule has 0 amide bonds. The van der Waals surface area contributed by atoms with E-state index in [0.717, 1.165) is 18.4 Å². The average Bonchev–Trinajstić information content (AvgIpc) is 2.48. The van der Waals surface area contributed by atoms with Crippen molar-refractivity contribution in [1.29, 1.82) is 0 Å². The van der Waals surface area contributed by atoms with Crippen LogP contribution in [0.15, 0.2) is 42.5 Å². The molecule has 0 heterocycles. The third-order valence-corrected chi connectivity index (χ3v) is 4.01. The zero-order chi connectivity index (χ0) is 14.6. The molecule has 0 radical (unpaired) electrons. The zero-order valence-corrected chi connectivity index (χ0v) is 12.5. The number of rotatable bonds is 4. The number of allylic oxidation sites excluding steroid dienone is 1. The molecule has 0 saturated carbocycles. The van der Waals surface area contributed by atoms with Gasteiger partial charge in [-0.1, -0.05) is 42.5 Å². The smallest absolute Gasteiger partial charge is 0.318 e. The summed E-state index contributed by atoms with van der Waals surface area (Å²) in [4.78, 5) is 14.8. The molecular formula is C17H23NO2. The molecule has 2 atom stereocenters. The highest BCUT2D eigenvalue weighted by Crippen LogP contribution is 2.40. The lowest BCUT2D eigenvalue weighted by atomic mass is 9.68. The number of esters is 1. The van der Waals surface area contributed by atoms with Crippen molar-refractivity contribution < 1.29 is 9.53 Å². The van der Waals surface area contributed by atoms with Crippen molar-refractivity contribution in [3.8, 4) is 0 Å². The summed E-state index contributed by atoms with van der Waals surface area (Å²) in [7, 11) is 4.02. The summed E-state index contributed by atoms with van der Waals surface area (Å²) >= 11 is 0. The Balaban J connectivity index is 2.54. The summed E-state index contributed by atoms with van der Waals surface area (Å²) in [5.41, 5.74) is 0.441. The number of carbonyl (C=O) groups is 1. The Labute approximate surface area is 121 Å². The van der Waals surface area contributed by atoms with Crippen LogP contribution in [0.5, 0.6) is 0 Å². The van der Waals surface area contributed by atoms with Crippen molar-refractivity contribution in [2.24, 2.45) is 0 Å². The Hall–Kier alpha value is -1.61. The second-order valence-corrected chi connectivity index (χ2v) is 5.43. The van der Waals surface area contributed by atoms with Crippen molar-refractivity contribution in [2.75, 3.05) is 20.7 Å². The first-order chi connectivity index (χ1) is 9.63. The van der Waals surface area contributed by atoms with Gasteiger partial charge in [-0.25, -0.2) is 0 Å². The van der Waals surface area contributed by atoms with Crippen molar-refractivity contribution >= 4 is 5.97 Å². The maximum Gasteiger partial charge on any atom is 0.318 e. The molecule has 1 aliphatic carbocycles. The maximum atomic E-state index is 12.8. The molecule has 20 heavy (non-hydrogen) atoms. The third-order valence-electron chi connectivity index (χ3n) is 4.01. The molecule has 2 rings (SSSR count). The van der Waals surface area contributed by atoms with Crippen LogP contribution in [0, 0.1) is 0 Å². The third kappa shape index (κ3) is 2.50. The molecule has 3 nitrogen and oxygen atoms in total. The molecule has 0 aliphatic heterocycles. The van der Waals surface area contributed by atoms with Gasteiger partial charge in [-0.15, -0.1) is 0 Å². The Morgan fingerprint density at radius 3 is 2.65 bits per heavy atom. The van der Waals surface area contributed by atoms with E-state index in [1.165, 1.54) is 0 Å². The molecule has 0 saturated heterocycles. The van der Waals surface area contributed by atoms with Crippen LogP contribution in [-0.2, 0) is 14.9 Å². The Morgan fingerprint density at radius 2 is 2.05 bits per heavy atom. The fourth-order valence-electron chi connectivity index (χ4n) is 3.11. The summed E-state index contributed by atoms with van der Waals surface area (Å²) in [6, 6.07) is 10.0. The van der Waals surface area contributed by atoms with E-state index in [9.17, 15) is 4.79 Å². The van der Waals surface area contributed by atoms with Gasteiger partial charge in [-0.05, 0) is 39.4 Å². The van der Waals surface area contributed by atoms with E-state index < -0.39 is 5.41 Å². The fourth-order valence-corrected chi connectivity index (χ4v) is 3.11. The van der Waals surface area contributed by atoms with E-state index in [1.807, 2.05) is 51.4 Å². The molecule has 1 aromatic carbocycles. The Morgan fingerprint density at radius 1 is 1.35 bits per heavy atom. The van der Waals surface area contributed by atoms with E-state index in [-0.39, 0.29) is 12.0 Å². The average molecular weight is 273 g/mol. The predicted molar refractivity (Wildman–Crippen MR) is 80.6 cm³/mol. The van der Waals surface area contributed by atoms with Crippen LogP contribution in [0.2, 0.25) is 0 Å². The zero-order valence-electron chi connectivity index (χ0n) is 12.5. The topological polar surface area (TPSA) is 29.5 Å². The molecule has 0 unspecified atom stereocenters. The number of carbonyl (C=O) groups excluding carboxylic acids is 1. The maximum absolute atomic E-state index is 12.8. The molecular weight excluding hydrogens is 250 g/mol. The van der Waals surface area contributed by atoms with Crippen molar-refractivity contribution in [1.82, 2.24) is 4.90 Å². The normalized spacial score (nSPS) is 25.7. The summed E-state index contributed by atoms with van der Waals surface area (Å²) in [5.74, 6) is -0.116. The van der Waals surface area contributed by atoms with Gasteiger partial charge in [-0.2, -0.15) is 0 Å². The first kappa shape index (κ1) is 14.8. The van der Waals surface area contributed by atoms with Crippen molar-refractivity contribution in [3.05, 3.63) is 48.0 Å². The number of ether oxygens (including phenoxy) is 1. The van der Waals surface area contributed by atoms with Crippen LogP contribution in [-0.4, -0.2) is 37.6 Å². The lowest BCUT2D eigenvalue weighted by Gasteiger charge is -2.42. The summed E-state index contributed by atoms with van der Waals surface area (Å²) in [6.45, 7) is 2.28. The molecule has 0 spiro atoms. The molecule has 0 aromatic heterocycles. The number of hydrogen-bond acceptors (Lipinski definition) is 3. The quantitative estimate of drug-likeness (QED) is 0.624. The molecule has 1 aliphatic rings. The highest BCUT2D eigenvalue weighted by molar-refractivity contribution is 5.85. The highest BCUT2D eigenvalue weighted by Gasteiger charge is 2.49. The number of likely N-dealkylation sites (N-methyl/N-ethyl adjacent to an activating group) is 1. The van der Waals surface area contributed by atoms with Gasteiger partial charge in [0.15, 0.2) is 0 Å². The van der Waals surface area contributed by atoms with E-state index in [2.05, 4.69) is 17.1 Å². The summed E-state index contributed by atoms with van der Waals surface area (Å²) in [6.07, 6.45) is 5.98. The fraction of sp³-hybridized carbons (Fsp3) is 0.471. The van der Waals surface area contributed by atoms with Crippen LogP contribution >= 0.6 is 0 Å². The lowest BCUT2D eigenvalue weighted by molar-refractivity contribution is -0.152. The largest absolute Gasteiger partial charge is 0.465 e. The van der Waals surface area contributed by atoms with Crippen molar-refractivity contribution in [3.63, 3.8) is 0 Å². The van der Waals surface area contributed by atoms with Crippen LogP contribution in [0.25, 0.3) is 0 Å². The van der Waals surface area contributed by atoms with Gasteiger partial charge >= 0.3 is 5.97 Å². The van der Waals surface area contributed by atoms with Crippen LogP contribution in [0.3, 0.4) is 0 Å². The van der Waals surface area contributed by atoms with Gasteiger partial charge in [0, 0.05) is 6.04 Å². The Kier molecular flexibility index (Phi) is 4.61. The molecule has 108 valence electrons. The summed E-state index contributed by atoms with van der Waals surface area (Å²) in [5, 5.41) is 0. The second-order valence-electron chi connectivity index (χ2n) is 5.43. The SMILES string of the molecule is CCOC(=O)[C@@]1(c2ccccc2)CCC=C[C@@H]1N(C)C. The summed E-state index contributed by atoms with van der Waals surface area (Å²) < 4.78 is 5.42. The monoisotopic (exact) mass is 273 g/mol. The van der Waals surface area contributed by atoms with Gasteiger partial charge in [0.25, 0.3) is 0 Å². The number of nitrogens with zero attached hydrogens (tertiary/aromatic N) is 1. The van der Waals surface area contributed by atoms with E-state index in [1.54, 1.807) is 0 Å². The molecule has 1 aromatic rings. The minimum absolute atomic E-state index is 0.0256. The van der Waals surface area contributed by atoms with Gasteiger partial charge < -0.3 is 9.64 Å². The van der Waals surface area contributed by atoms with Gasteiger partial charge in [-0.3, -0.25) is 4.79 Å². The minimum Gasteiger partial charge on any atom is -0.465 e. The predicted octanol–water partition coefficient (Wildman–Crippen LogP) is 2.77. The molecule has 0 fully saturated rings. The number of hydrogen-bond donors (Lipinski definition) is 0. The first-order valence-corrected chi connectivity index (χ1v) is 7.18. The first-order valence-electron chi connectivity index (χ1n) is 7.18. The van der Waals surface area contributed by atoms with Crippen LogP contribution < -0.4 is 0 Å². The lowest BCUT2D eigenvalue weighted by Crippen LogP contribution is -2.54. The van der Waals surface area contributed by atoms with Gasteiger partial charge in [0.05, 0.1) is 6.61 Å². The Bertz CT molecular complexity index is 481. The van der Waals surface area contributed by atoms with Crippen LogP contribution in [0.1, 0.15) is 25.3 Å². The van der Waals surface area contributed by atoms with Gasteiger partial charge in [0.1, 0.15) is 5.41 Å².